The molecule has 2 heteroatoms. The average molecular weight is 199 g/mol. The second-order valence-electron chi connectivity index (χ2n) is 3.71. The lowest BCUT2D eigenvalue weighted by Gasteiger charge is -2.23. The van der Waals surface area contributed by atoms with Crippen molar-refractivity contribution in [1.82, 2.24) is 0 Å². The number of para-hydroxylation sites is 1. The van der Waals surface area contributed by atoms with E-state index in [0.29, 0.717) is 0 Å². The number of ketones is 1. The molecule has 1 aromatic carbocycles. The van der Waals surface area contributed by atoms with Gasteiger partial charge in [-0.05, 0) is 25.5 Å². The molecule has 76 valence electrons. The van der Waals surface area contributed by atoms with Crippen LogP contribution in [-0.4, -0.2) is 5.78 Å². The molecular weight excluding hydrogens is 186 g/mol. The molecule has 2 rings (SSSR count). The van der Waals surface area contributed by atoms with Crippen LogP contribution in [0.2, 0.25) is 0 Å². The largest absolute Gasteiger partial charge is 0.355 e. The maximum Gasteiger partial charge on any atom is 0.160 e. The van der Waals surface area contributed by atoms with E-state index in [1.165, 1.54) is 0 Å². The molecule has 1 N–H and O–H groups in total. The number of anilines is 1. The Kier molecular flexibility index (Phi) is 2.19. The summed E-state index contributed by atoms with van der Waals surface area (Å²) in [7, 11) is 0. The van der Waals surface area contributed by atoms with E-state index in [-0.39, 0.29) is 5.78 Å². The number of rotatable bonds is 1. The Morgan fingerprint density at radius 1 is 1.33 bits per heavy atom. The van der Waals surface area contributed by atoms with Gasteiger partial charge >= 0.3 is 0 Å². The van der Waals surface area contributed by atoms with Crippen molar-refractivity contribution in [3.63, 3.8) is 0 Å². The van der Waals surface area contributed by atoms with Gasteiger partial charge in [-0.25, -0.2) is 0 Å². The van der Waals surface area contributed by atoms with E-state index in [4.69, 9.17) is 0 Å². The molecule has 0 aliphatic carbocycles. The minimum Gasteiger partial charge on any atom is -0.355 e. The van der Waals surface area contributed by atoms with Crippen LogP contribution < -0.4 is 5.32 Å². The first-order valence-corrected chi connectivity index (χ1v) is 4.89. The predicted octanol–water partition coefficient (Wildman–Crippen LogP) is 2.99. The Balaban J connectivity index is 2.71. The quantitative estimate of drug-likeness (QED) is 0.753. The molecule has 0 atom stereocenters. The molecule has 1 aromatic rings. The Morgan fingerprint density at radius 3 is 2.67 bits per heavy atom. The van der Waals surface area contributed by atoms with Crippen LogP contribution in [0.15, 0.2) is 42.1 Å². The first-order valence-electron chi connectivity index (χ1n) is 4.89. The summed E-state index contributed by atoms with van der Waals surface area (Å²) in [5.74, 6) is 0.0857. The molecule has 1 heterocycles. The highest BCUT2D eigenvalue weighted by atomic mass is 16.1. The van der Waals surface area contributed by atoms with Gasteiger partial charge in [0.2, 0.25) is 0 Å². The van der Waals surface area contributed by atoms with Crippen molar-refractivity contribution in [2.24, 2.45) is 0 Å². The van der Waals surface area contributed by atoms with Crippen LogP contribution >= 0.6 is 0 Å². The highest BCUT2D eigenvalue weighted by Gasteiger charge is 2.20. The zero-order valence-corrected chi connectivity index (χ0v) is 8.92. The van der Waals surface area contributed by atoms with E-state index in [0.717, 1.165) is 28.1 Å². The van der Waals surface area contributed by atoms with Crippen molar-refractivity contribution in [2.45, 2.75) is 13.8 Å². The zero-order chi connectivity index (χ0) is 11.0. The van der Waals surface area contributed by atoms with Crippen molar-refractivity contribution >= 4 is 17.0 Å². The van der Waals surface area contributed by atoms with E-state index < -0.39 is 0 Å². The van der Waals surface area contributed by atoms with Crippen LogP contribution in [0.3, 0.4) is 0 Å². The second-order valence-corrected chi connectivity index (χ2v) is 3.71. The molecular formula is C13H13NO. The number of carbonyl (C=O) groups is 1. The van der Waals surface area contributed by atoms with Gasteiger partial charge in [-0.3, -0.25) is 4.79 Å². The lowest BCUT2D eigenvalue weighted by atomic mass is 9.91. The molecule has 1 aliphatic rings. The number of benzene rings is 1. The van der Waals surface area contributed by atoms with E-state index in [1.807, 2.05) is 31.2 Å². The number of allylic oxidation sites excluding steroid dienone is 2. The van der Waals surface area contributed by atoms with Crippen LogP contribution in [0.1, 0.15) is 19.4 Å². The van der Waals surface area contributed by atoms with Gasteiger partial charge in [0.15, 0.2) is 5.78 Å². The highest BCUT2D eigenvalue weighted by Crippen LogP contribution is 2.34. The molecule has 0 unspecified atom stereocenters. The van der Waals surface area contributed by atoms with Crippen molar-refractivity contribution < 1.29 is 4.79 Å². The summed E-state index contributed by atoms with van der Waals surface area (Å²) in [5.41, 5.74) is 4.43. The fourth-order valence-corrected chi connectivity index (χ4v) is 1.87. The van der Waals surface area contributed by atoms with Gasteiger partial charge in [0, 0.05) is 22.5 Å². The summed E-state index contributed by atoms with van der Waals surface area (Å²) in [5, 5.41) is 3.19. The average Bonchev–Trinajstić information content (AvgIpc) is 2.19. The van der Waals surface area contributed by atoms with Gasteiger partial charge in [-0.1, -0.05) is 24.8 Å². The molecule has 15 heavy (non-hydrogen) atoms. The van der Waals surface area contributed by atoms with Gasteiger partial charge in [-0.15, -0.1) is 0 Å². The molecule has 0 bridgehead atoms. The Bertz CT molecular complexity index is 483. The minimum absolute atomic E-state index is 0.0857. The fourth-order valence-electron chi connectivity index (χ4n) is 1.87. The number of hydrogen-bond acceptors (Lipinski definition) is 2. The number of nitrogens with one attached hydrogen (secondary N) is 1. The Hall–Kier alpha value is -1.83. The summed E-state index contributed by atoms with van der Waals surface area (Å²) >= 11 is 0. The number of hydrogen-bond donors (Lipinski definition) is 1. The molecule has 0 aromatic heterocycles. The number of fused-ring (bicyclic) bond motifs is 1. The smallest absolute Gasteiger partial charge is 0.160 e. The number of Topliss-reactive ketones (excluding diaryl/α,β-unsaturated/α-hetero) is 1. The van der Waals surface area contributed by atoms with Crippen molar-refractivity contribution in [3.8, 4) is 0 Å². The topological polar surface area (TPSA) is 29.1 Å². The molecule has 0 spiro atoms. The van der Waals surface area contributed by atoms with Crippen LogP contribution in [0.25, 0.3) is 5.57 Å². The highest BCUT2D eigenvalue weighted by molar-refractivity contribution is 6.23. The lowest BCUT2D eigenvalue weighted by molar-refractivity contribution is -0.111. The summed E-state index contributed by atoms with van der Waals surface area (Å²) in [6.07, 6.45) is 0. The summed E-state index contributed by atoms with van der Waals surface area (Å²) in [6, 6.07) is 7.78. The maximum absolute atomic E-state index is 11.6. The predicted molar refractivity (Wildman–Crippen MR) is 62.5 cm³/mol. The van der Waals surface area contributed by atoms with E-state index >= 15 is 0 Å². The van der Waals surface area contributed by atoms with Crippen molar-refractivity contribution in [3.05, 3.63) is 47.7 Å². The third-order valence-electron chi connectivity index (χ3n) is 2.66. The molecule has 2 nitrogen and oxygen atoms in total. The SMILES string of the molecule is C=C1Nc2ccccc2C(C(C)=O)=C1C. The zero-order valence-electron chi connectivity index (χ0n) is 8.92. The molecule has 0 fully saturated rings. The van der Waals surface area contributed by atoms with Crippen molar-refractivity contribution in [1.29, 1.82) is 0 Å². The summed E-state index contributed by atoms with van der Waals surface area (Å²) in [4.78, 5) is 11.6. The Labute approximate surface area is 89.3 Å². The lowest BCUT2D eigenvalue weighted by Crippen LogP contribution is -2.13. The van der Waals surface area contributed by atoms with Crippen LogP contribution in [0.4, 0.5) is 5.69 Å². The first-order chi connectivity index (χ1) is 7.11. The fraction of sp³-hybridized carbons (Fsp3) is 0.154. The van der Waals surface area contributed by atoms with Crippen LogP contribution in [-0.2, 0) is 4.79 Å². The van der Waals surface area contributed by atoms with E-state index in [2.05, 4.69) is 11.9 Å². The van der Waals surface area contributed by atoms with Gasteiger partial charge in [0.25, 0.3) is 0 Å². The van der Waals surface area contributed by atoms with Gasteiger partial charge < -0.3 is 5.32 Å². The third kappa shape index (κ3) is 1.48. The Morgan fingerprint density at radius 2 is 2.00 bits per heavy atom. The van der Waals surface area contributed by atoms with Gasteiger partial charge in [0.1, 0.15) is 0 Å². The molecule has 0 radical (unpaired) electrons. The monoisotopic (exact) mass is 199 g/mol. The first kappa shape index (κ1) is 9.71. The van der Waals surface area contributed by atoms with Crippen molar-refractivity contribution in [2.75, 3.05) is 5.32 Å². The summed E-state index contributed by atoms with van der Waals surface area (Å²) < 4.78 is 0. The van der Waals surface area contributed by atoms with Crippen LogP contribution in [0.5, 0.6) is 0 Å². The molecule has 0 amide bonds. The maximum atomic E-state index is 11.6. The van der Waals surface area contributed by atoms with E-state index in [1.54, 1.807) is 6.92 Å². The minimum atomic E-state index is 0.0857. The third-order valence-corrected chi connectivity index (χ3v) is 2.66. The molecule has 1 aliphatic heterocycles. The van der Waals surface area contributed by atoms with Gasteiger partial charge in [0.05, 0.1) is 0 Å². The molecule has 0 saturated carbocycles. The van der Waals surface area contributed by atoms with Crippen LogP contribution in [0, 0.1) is 0 Å². The standard InChI is InChI=1S/C13H13NO/c1-8-9(2)14-12-7-5-4-6-11(12)13(8)10(3)15/h4-7,14H,2H2,1,3H3. The van der Waals surface area contributed by atoms with E-state index in [9.17, 15) is 4.79 Å². The number of carbonyl (C=O) groups excluding carboxylic acids is 1. The normalized spacial score (nSPS) is 14.7. The second kappa shape index (κ2) is 3.39. The molecule has 0 saturated heterocycles. The van der Waals surface area contributed by atoms with Gasteiger partial charge in [-0.2, -0.15) is 0 Å². The summed E-state index contributed by atoms with van der Waals surface area (Å²) in [6.45, 7) is 7.42.